The zero-order valence-corrected chi connectivity index (χ0v) is 16.3. The number of benzene rings is 2. The maximum Gasteiger partial charge on any atom is 0.257 e. The van der Waals surface area contributed by atoms with Gasteiger partial charge < -0.3 is 19.4 Å². The number of likely N-dealkylation sites (tertiary alicyclic amines) is 1. The first kappa shape index (κ1) is 18.0. The van der Waals surface area contributed by atoms with Crippen molar-refractivity contribution >= 4 is 21.8 Å². The molecule has 4 aromatic rings. The second-order valence-corrected chi connectivity index (χ2v) is 7.53. The Hall–Kier alpha value is -3.09. The molecule has 1 saturated heterocycles. The zero-order chi connectivity index (χ0) is 19.8. The third-order valence-corrected chi connectivity index (χ3v) is 5.61. The van der Waals surface area contributed by atoms with Gasteiger partial charge in [0.2, 0.25) is 0 Å². The molecule has 6 nitrogen and oxygen atoms in total. The number of H-pyrrole nitrogens is 2. The third-order valence-electron chi connectivity index (χ3n) is 5.61. The van der Waals surface area contributed by atoms with Crippen LogP contribution in [0.3, 0.4) is 0 Å². The van der Waals surface area contributed by atoms with Gasteiger partial charge in [-0.3, -0.25) is 9.69 Å². The largest absolute Gasteiger partial charge is 0.478 e. The summed E-state index contributed by atoms with van der Waals surface area (Å²) in [5, 5.41) is 2.02. The Labute approximate surface area is 168 Å². The van der Waals surface area contributed by atoms with E-state index >= 15 is 0 Å². The Balaban J connectivity index is 1.40. The predicted octanol–water partition coefficient (Wildman–Crippen LogP) is 3.73. The summed E-state index contributed by atoms with van der Waals surface area (Å²) < 4.78 is 11.4. The molecule has 2 aromatic heterocycles. The molecule has 148 valence electrons. The number of fused-ring (bicyclic) bond motifs is 2. The molecule has 1 aliphatic heterocycles. The van der Waals surface area contributed by atoms with Gasteiger partial charge in [0, 0.05) is 36.6 Å². The third kappa shape index (κ3) is 3.52. The maximum absolute atomic E-state index is 12.6. The maximum atomic E-state index is 12.6. The number of para-hydroxylation sites is 1. The number of hydrogen-bond acceptors (Lipinski definition) is 4. The fourth-order valence-electron chi connectivity index (χ4n) is 3.97. The van der Waals surface area contributed by atoms with Crippen LogP contribution >= 0.6 is 0 Å². The van der Waals surface area contributed by atoms with E-state index in [0.717, 1.165) is 52.8 Å². The lowest BCUT2D eigenvalue weighted by Crippen LogP contribution is -2.27. The first-order chi connectivity index (χ1) is 14.2. The number of aromatic nitrogens is 2. The standard InChI is InChI=1S/C23H23N3O3/c1-28-18-8-9-26(13-18)14-29-17-6-7-21-16(10-17)12-22(24-21)19-11-15-4-2-3-5-20(15)25-23(19)27/h2-7,10-12,18,24H,8-9,13-14H2,1H3,(H,25,27)/t18-/m1/s1. The number of rotatable bonds is 5. The molecule has 5 rings (SSSR count). The van der Waals surface area contributed by atoms with Crippen molar-refractivity contribution in [1.29, 1.82) is 0 Å². The van der Waals surface area contributed by atoms with Crippen LogP contribution in [0.25, 0.3) is 33.1 Å². The van der Waals surface area contributed by atoms with Crippen LogP contribution in [0, 0.1) is 0 Å². The van der Waals surface area contributed by atoms with Crippen molar-refractivity contribution in [2.75, 3.05) is 26.9 Å². The SMILES string of the molecule is CO[C@@H]1CCN(COc2ccc3[nH]c(-c4cc5ccccc5[nH]c4=O)cc3c2)C1. The lowest BCUT2D eigenvalue weighted by Gasteiger charge is -2.16. The van der Waals surface area contributed by atoms with Crippen LogP contribution in [0.15, 0.2) is 59.4 Å². The first-order valence-corrected chi connectivity index (χ1v) is 9.83. The molecule has 0 saturated carbocycles. The fourth-order valence-corrected chi connectivity index (χ4v) is 3.97. The second-order valence-electron chi connectivity index (χ2n) is 7.53. The van der Waals surface area contributed by atoms with Crippen molar-refractivity contribution in [1.82, 2.24) is 14.9 Å². The lowest BCUT2D eigenvalue weighted by atomic mass is 10.1. The van der Waals surface area contributed by atoms with E-state index in [2.05, 4.69) is 14.9 Å². The summed E-state index contributed by atoms with van der Waals surface area (Å²) in [6.45, 7) is 2.44. The molecule has 1 fully saturated rings. The summed E-state index contributed by atoms with van der Waals surface area (Å²) in [5.41, 5.74) is 3.14. The highest BCUT2D eigenvalue weighted by Crippen LogP contribution is 2.27. The number of pyridine rings is 1. The molecule has 0 spiro atoms. The Morgan fingerprint density at radius 1 is 1.03 bits per heavy atom. The number of aromatic amines is 2. The molecule has 0 unspecified atom stereocenters. The summed E-state index contributed by atoms with van der Waals surface area (Å²) in [4.78, 5) is 21.1. The molecule has 3 heterocycles. The van der Waals surface area contributed by atoms with Crippen LogP contribution in [0.1, 0.15) is 6.42 Å². The van der Waals surface area contributed by atoms with E-state index in [1.807, 2.05) is 54.6 Å². The van der Waals surface area contributed by atoms with Crippen LogP contribution in [0.5, 0.6) is 5.75 Å². The summed E-state index contributed by atoms with van der Waals surface area (Å²) in [6.07, 6.45) is 1.34. The van der Waals surface area contributed by atoms with Crippen LogP contribution in [0.2, 0.25) is 0 Å². The van der Waals surface area contributed by atoms with Gasteiger partial charge >= 0.3 is 0 Å². The molecule has 1 atom stereocenters. The average Bonchev–Trinajstić information content (AvgIpc) is 3.38. The molecule has 0 amide bonds. The van der Waals surface area contributed by atoms with E-state index in [-0.39, 0.29) is 5.56 Å². The molecular weight excluding hydrogens is 366 g/mol. The number of nitrogens with one attached hydrogen (secondary N) is 2. The van der Waals surface area contributed by atoms with Crippen molar-refractivity contribution in [2.24, 2.45) is 0 Å². The lowest BCUT2D eigenvalue weighted by molar-refractivity contribution is 0.0892. The van der Waals surface area contributed by atoms with E-state index in [4.69, 9.17) is 9.47 Å². The van der Waals surface area contributed by atoms with Gasteiger partial charge in [-0.1, -0.05) is 18.2 Å². The average molecular weight is 389 g/mol. The number of hydrogen-bond donors (Lipinski definition) is 2. The van der Waals surface area contributed by atoms with Crippen molar-refractivity contribution in [3.05, 3.63) is 65.0 Å². The first-order valence-electron chi connectivity index (χ1n) is 9.83. The van der Waals surface area contributed by atoms with E-state index in [9.17, 15) is 4.79 Å². The Kier molecular flexibility index (Phi) is 4.58. The molecule has 6 heteroatoms. The van der Waals surface area contributed by atoms with Gasteiger partial charge in [0.15, 0.2) is 0 Å². The molecule has 2 aromatic carbocycles. The number of ether oxygens (including phenoxy) is 2. The highest BCUT2D eigenvalue weighted by molar-refractivity contribution is 5.89. The van der Waals surface area contributed by atoms with Gasteiger partial charge in [0.1, 0.15) is 12.5 Å². The Bertz CT molecular complexity index is 1230. The summed E-state index contributed by atoms with van der Waals surface area (Å²) in [6, 6.07) is 17.7. The van der Waals surface area contributed by atoms with Crippen molar-refractivity contribution in [3.63, 3.8) is 0 Å². The van der Waals surface area contributed by atoms with Crippen molar-refractivity contribution in [3.8, 4) is 17.0 Å². The summed E-state index contributed by atoms with van der Waals surface area (Å²) >= 11 is 0. The Morgan fingerprint density at radius 3 is 2.76 bits per heavy atom. The van der Waals surface area contributed by atoms with Gasteiger partial charge in [0.05, 0.1) is 17.4 Å². The summed E-state index contributed by atoms with van der Waals surface area (Å²) in [7, 11) is 1.76. The smallest absolute Gasteiger partial charge is 0.257 e. The normalized spacial score (nSPS) is 17.3. The monoisotopic (exact) mass is 389 g/mol. The predicted molar refractivity (Wildman–Crippen MR) is 114 cm³/mol. The molecule has 0 aliphatic carbocycles. The van der Waals surface area contributed by atoms with Gasteiger partial charge in [0.25, 0.3) is 5.56 Å². The molecule has 29 heavy (non-hydrogen) atoms. The minimum atomic E-state index is -0.103. The van der Waals surface area contributed by atoms with Gasteiger partial charge in [-0.05, 0) is 48.2 Å². The minimum absolute atomic E-state index is 0.103. The molecule has 0 bridgehead atoms. The second kappa shape index (κ2) is 7.39. The number of nitrogens with zero attached hydrogens (tertiary/aromatic N) is 1. The van der Waals surface area contributed by atoms with E-state index in [1.54, 1.807) is 7.11 Å². The van der Waals surface area contributed by atoms with Crippen LogP contribution in [-0.4, -0.2) is 47.9 Å². The van der Waals surface area contributed by atoms with E-state index < -0.39 is 0 Å². The molecular formula is C23H23N3O3. The van der Waals surface area contributed by atoms with Crippen LogP contribution in [-0.2, 0) is 4.74 Å². The van der Waals surface area contributed by atoms with Gasteiger partial charge in [-0.2, -0.15) is 0 Å². The van der Waals surface area contributed by atoms with Gasteiger partial charge in [-0.25, -0.2) is 0 Å². The summed E-state index contributed by atoms with van der Waals surface area (Å²) in [5.74, 6) is 0.816. The fraction of sp³-hybridized carbons (Fsp3) is 0.261. The topological polar surface area (TPSA) is 70.3 Å². The minimum Gasteiger partial charge on any atom is -0.478 e. The number of methoxy groups -OCH3 is 1. The molecule has 2 N–H and O–H groups in total. The van der Waals surface area contributed by atoms with Crippen LogP contribution in [0.4, 0.5) is 0 Å². The van der Waals surface area contributed by atoms with Crippen molar-refractivity contribution < 1.29 is 9.47 Å². The van der Waals surface area contributed by atoms with E-state index in [1.165, 1.54) is 0 Å². The Morgan fingerprint density at radius 2 is 1.90 bits per heavy atom. The highest BCUT2D eigenvalue weighted by Gasteiger charge is 2.22. The zero-order valence-electron chi connectivity index (χ0n) is 16.3. The molecule has 0 radical (unpaired) electrons. The van der Waals surface area contributed by atoms with Crippen molar-refractivity contribution in [2.45, 2.75) is 12.5 Å². The van der Waals surface area contributed by atoms with E-state index in [0.29, 0.717) is 18.4 Å². The highest BCUT2D eigenvalue weighted by atomic mass is 16.5. The molecule has 1 aliphatic rings. The quantitative estimate of drug-likeness (QED) is 0.546. The van der Waals surface area contributed by atoms with Crippen LogP contribution < -0.4 is 10.3 Å². The van der Waals surface area contributed by atoms with Gasteiger partial charge in [-0.15, -0.1) is 0 Å².